The van der Waals surface area contributed by atoms with Crippen molar-refractivity contribution < 1.29 is 43.2 Å². The van der Waals surface area contributed by atoms with Gasteiger partial charge in [0, 0.05) is 62.3 Å². The van der Waals surface area contributed by atoms with Crippen LogP contribution in [-0.4, -0.2) is 129 Å². The van der Waals surface area contributed by atoms with Gasteiger partial charge in [0.2, 0.25) is 53.2 Å². The van der Waals surface area contributed by atoms with Gasteiger partial charge in [-0.05, 0) is 72.3 Å². The third kappa shape index (κ3) is 12.7. The topological polar surface area (TPSA) is 274 Å². The number of amides is 9. The summed E-state index contributed by atoms with van der Waals surface area (Å²) in [6.45, 7) is 4.48. The molecule has 0 spiro atoms. The van der Waals surface area contributed by atoms with E-state index in [-0.39, 0.29) is 56.9 Å². The second-order valence-electron chi connectivity index (χ2n) is 21.4. The number of hydrogen-bond donors (Lipinski definition) is 8. The van der Waals surface area contributed by atoms with Crippen LogP contribution in [0.1, 0.15) is 81.0 Å². The minimum Gasteiger partial charge on any atom is -0.370 e. The summed E-state index contributed by atoms with van der Waals surface area (Å²) in [7, 11) is 0. The molecule has 9 rings (SSSR count). The Kier molecular flexibility index (Phi) is 17.0. The van der Waals surface area contributed by atoms with Gasteiger partial charge in [0.25, 0.3) is 0 Å². The molecule has 19 nitrogen and oxygen atoms in total. The molecular formula is C59H68N10O9. The van der Waals surface area contributed by atoms with Gasteiger partial charge < -0.3 is 52.4 Å². The van der Waals surface area contributed by atoms with Crippen molar-refractivity contribution in [1.82, 2.24) is 46.7 Å². The molecule has 0 unspecified atom stereocenters. The number of primary amides is 1. The van der Waals surface area contributed by atoms with Gasteiger partial charge in [-0.1, -0.05) is 117 Å². The number of carbonyl (C=O) groups excluding carboxylic acids is 9. The van der Waals surface area contributed by atoms with Crippen LogP contribution < -0.4 is 37.6 Å². The molecule has 19 heteroatoms. The Hall–Kier alpha value is -8.35. The maximum atomic E-state index is 14.7. The molecule has 78 heavy (non-hydrogen) atoms. The van der Waals surface area contributed by atoms with Crippen molar-refractivity contribution in [1.29, 1.82) is 0 Å². The largest absolute Gasteiger partial charge is 0.370 e. The van der Waals surface area contributed by atoms with Crippen LogP contribution >= 0.6 is 0 Å². The second kappa shape index (κ2) is 24.3. The quantitative estimate of drug-likeness (QED) is 0.0811. The van der Waals surface area contributed by atoms with Gasteiger partial charge in [-0.25, -0.2) is 0 Å². The van der Waals surface area contributed by atoms with Crippen molar-refractivity contribution in [2.75, 3.05) is 13.1 Å². The van der Waals surface area contributed by atoms with E-state index in [4.69, 9.17) is 5.73 Å². The lowest BCUT2D eigenvalue weighted by atomic mass is 9.95. The summed E-state index contributed by atoms with van der Waals surface area (Å²) in [6.07, 6.45) is 3.96. The summed E-state index contributed by atoms with van der Waals surface area (Å²) in [5, 5.41) is 18.1. The average molecular weight is 1060 g/mol. The zero-order valence-corrected chi connectivity index (χ0v) is 43.9. The predicted octanol–water partition coefficient (Wildman–Crippen LogP) is 2.63. The molecular weight excluding hydrogens is 993 g/mol. The Morgan fingerprint density at radius 1 is 0.538 bits per heavy atom. The van der Waals surface area contributed by atoms with Gasteiger partial charge in [-0.15, -0.1) is 0 Å². The molecule has 4 aromatic carbocycles. The highest BCUT2D eigenvalue weighted by Gasteiger charge is 2.43. The summed E-state index contributed by atoms with van der Waals surface area (Å²) in [6, 6.07) is 23.2. The van der Waals surface area contributed by atoms with Crippen molar-refractivity contribution >= 4 is 64.1 Å². The molecule has 0 aliphatic carbocycles. The standard InChI is InChI=1S/C59H68N10O9/c1-34(2)27-43-53(72)63-45(55(74)67-46(30-36-15-7-4-8-16-36)58(77)68-25-11-21-48(68)56(75)64-43)32-39-33-61-51-40(19-10-20-41(39)51)38-18-9-17-37(28-38)31-47-59(78)69-26-12-22-49(69)57(76)65-44(29-35-13-5-3-6-14-35)54(73)62-42(52(71)66-47)23-24-50(60)70/h3-10,13-20,28,33-34,42-49,61H,11-12,21-27,29-32H2,1-2H3,(H2,60,70)(H,62,73)(H,63,72)(H,64,75)(H,65,76)(H,66,71)(H,67,74)/t42-,43+,44+,45-,46+,47+,48-,49-/m1/s1. The molecule has 4 aliphatic heterocycles. The molecule has 9 N–H and O–H groups in total. The minimum absolute atomic E-state index is 0.00323. The fraction of sp³-hybridized carbons (Fsp3) is 0.407. The van der Waals surface area contributed by atoms with Crippen LogP contribution in [0.25, 0.3) is 22.0 Å². The Labute approximate surface area is 452 Å². The molecule has 4 fully saturated rings. The van der Waals surface area contributed by atoms with Crippen LogP contribution in [0, 0.1) is 5.92 Å². The molecule has 5 heterocycles. The van der Waals surface area contributed by atoms with Crippen molar-refractivity contribution in [3.63, 3.8) is 0 Å². The van der Waals surface area contributed by atoms with E-state index in [1.165, 1.54) is 9.80 Å². The number of aromatic nitrogens is 1. The monoisotopic (exact) mass is 1060 g/mol. The number of nitrogens with two attached hydrogens (primary N) is 1. The van der Waals surface area contributed by atoms with E-state index in [2.05, 4.69) is 36.9 Å². The highest BCUT2D eigenvalue weighted by Crippen LogP contribution is 2.32. The molecule has 4 saturated heterocycles. The summed E-state index contributed by atoms with van der Waals surface area (Å²) in [5.74, 6) is -4.78. The van der Waals surface area contributed by atoms with Crippen LogP contribution in [0.5, 0.6) is 0 Å². The fourth-order valence-corrected chi connectivity index (χ4v) is 11.4. The van der Waals surface area contributed by atoms with E-state index < -0.39 is 95.6 Å². The fourth-order valence-electron chi connectivity index (χ4n) is 11.4. The smallest absolute Gasteiger partial charge is 0.246 e. The Balaban J connectivity index is 0.993. The third-order valence-electron chi connectivity index (χ3n) is 15.3. The number of para-hydroxylation sites is 1. The normalized spacial score (nSPS) is 24.6. The van der Waals surface area contributed by atoms with Gasteiger partial charge in [0.1, 0.15) is 48.3 Å². The number of carbonyl (C=O) groups is 9. The Bertz CT molecular complexity index is 3070. The highest BCUT2D eigenvalue weighted by molar-refractivity contribution is 6.01. The van der Waals surface area contributed by atoms with Crippen LogP contribution in [0.3, 0.4) is 0 Å². The molecule has 0 radical (unpaired) electrons. The lowest BCUT2D eigenvalue weighted by molar-refractivity contribution is -0.143. The first-order chi connectivity index (χ1) is 37.6. The van der Waals surface area contributed by atoms with Crippen molar-refractivity contribution in [2.24, 2.45) is 11.7 Å². The van der Waals surface area contributed by atoms with Gasteiger partial charge in [-0.3, -0.25) is 43.2 Å². The van der Waals surface area contributed by atoms with Crippen molar-refractivity contribution in [3.8, 4) is 11.1 Å². The minimum atomic E-state index is -1.27. The summed E-state index contributed by atoms with van der Waals surface area (Å²) in [4.78, 5) is 133. The first-order valence-electron chi connectivity index (χ1n) is 27.1. The number of nitrogens with zero attached hydrogens (tertiary/aromatic N) is 2. The molecule has 408 valence electrons. The van der Waals surface area contributed by atoms with E-state index in [0.717, 1.165) is 27.6 Å². The average Bonchev–Trinajstić information content (AvgIpc) is 4.23. The van der Waals surface area contributed by atoms with Gasteiger partial charge in [0.15, 0.2) is 0 Å². The number of H-pyrrole nitrogens is 1. The van der Waals surface area contributed by atoms with Gasteiger partial charge in [0.05, 0.1) is 5.52 Å². The van der Waals surface area contributed by atoms with Crippen LogP contribution in [0.4, 0.5) is 0 Å². The van der Waals surface area contributed by atoms with E-state index in [1.54, 1.807) is 6.20 Å². The van der Waals surface area contributed by atoms with E-state index in [9.17, 15) is 43.2 Å². The number of fused-ring (bicyclic) bond motifs is 3. The van der Waals surface area contributed by atoms with Gasteiger partial charge in [-0.2, -0.15) is 0 Å². The maximum Gasteiger partial charge on any atom is 0.246 e. The Morgan fingerprint density at radius 2 is 1.01 bits per heavy atom. The van der Waals surface area contributed by atoms with Gasteiger partial charge >= 0.3 is 0 Å². The van der Waals surface area contributed by atoms with E-state index >= 15 is 0 Å². The maximum absolute atomic E-state index is 14.7. The van der Waals surface area contributed by atoms with Crippen molar-refractivity contribution in [2.45, 2.75) is 133 Å². The zero-order chi connectivity index (χ0) is 55.0. The van der Waals surface area contributed by atoms with E-state index in [1.807, 2.05) is 117 Å². The molecule has 1 aromatic heterocycles. The van der Waals surface area contributed by atoms with Crippen molar-refractivity contribution in [3.05, 3.63) is 132 Å². The molecule has 0 saturated carbocycles. The number of benzene rings is 4. The number of hydrogen-bond acceptors (Lipinski definition) is 9. The second-order valence-corrected chi connectivity index (χ2v) is 21.4. The molecule has 5 aromatic rings. The number of rotatable bonds is 14. The first-order valence-corrected chi connectivity index (χ1v) is 27.1. The lowest BCUT2D eigenvalue weighted by Crippen LogP contribution is -2.62. The first kappa shape index (κ1) is 54.4. The van der Waals surface area contributed by atoms with Crippen LogP contribution in [-0.2, 0) is 68.8 Å². The molecule has 9 amide bonds. The summed E-state index contributed by atoms with van der Waals surface area (Å²) >= 11 is 0. The summed E-state index contributed by atoms with van der Waals surface area (Å²) in [5.41, 5.74) is 10.7. The molecule has 4 aliphatic rings. The van der Waals surface area contributed by atoms with E-state index in [0.29, 0.717) is 55.3 Å². The number of aromatic amines is 1. The number of nitrogens with one attached hydrogen (secondary N) is 7. The zero-order valence-electron chi connectivity index (χ0n) is 43.9. The van der Waals surface area contributed by atoms with Crippen LogP contribution in [0.2, 0.25) is 0 Å². The third-order valence-corrected chi connectivity index (χ3v) is 15.3. The molecule has 0 bridgehead atoms. The SMILES string of the molecule is CC(C)C[C@@H]1NC(=O)[C@H]2CCCN2C(=O)[C@H](Cc2ccccc2)NC(=O)[C@@H](Cc2c[nH]c3c(-c4cccc(C[C@@H]5NC(=O)[C@@H](CCC(N)=O)NC(=O)[C@H](Cc6ccccc6)NC(=O)[C@H]6CCCN6C5=O)c4)cccc23)NC1=O. The summed E-state index contributed by atoms with van der Waals surface area (Å²) < 4.78 is 0. The lowest BCUT2D eigenvalue weighted by Gasteiger charge is -2.32. The molecule has 8 atom stereocenters. The highest BCUT2D eigenvalue weighted by atomic mass is 16.2. The Morgan fingerprint density at radius 3 is 1.60 bits per heavy atom. The predicted molar refractivity (Wildman–Crippen MR) is 290 cm³/mol. The van der Waals surface area contributed by atoms with Crippen LogP contribution in [0.15, 0.2) is 109 Å².